The van der Waals surface area contributed by atoms with Crippen molar-refractivity contribution in [1.82, 2.24) is 0 Å². The van der Waals surface area contributed by atoms with Crippen LogP contribution >= 0.6 is 47.3 Å². The summed E-state index contributed by atoms with van der Waals surface area (Å²) in [5.41, 5.74) is 0. The molecule has 0 radical (unpaired) electrons. The van der Waals surface area contributed by atoms with Gasteiger partial charge in [0.2, 0.25) is 19.7 Å². The molecule has 14 nitrogen and oxygen atoms in total. The van der Waals surface area contributed by atoms with Crippen molar-refractivity contribution in [2.24, 2.45) is 0 Å². The van der Waals surface area contributed by atoms with Crippen LogP contribution < -0.4 is 28.4 Å². The van der Waals surface area contributed by atoms with Gasteiger partial charge in [-0.1, -0.05) is 0 Å². The van der Waals surface area contributed by atoms with Crippen molar-refractivity contribution in [2.45, 2.75) is 19.6 Å². The molecule has 0 spiro atoms. The van der Waals surface area contributed by atoms with Gasteiger partial charge in [0.1, 0.15) is 31.1 Å². The van der Waals surface area contributed by atoms with Gasteiger partial charge in [0, 0.05) is 48.5 Å². The van der Waals surface area contributed by atoms with Gasteiger partial charge in [0.05, 0.1) is 28.4 Å². The van der Waals surface area contributed by atoms with Crippen molar-refractivity contribution in [3.63, 3.8) is 0 Å². The first-order chi connectivity index (χ1) is 22.5. The Bertz CT molecular complexity index is 1980. The Hall–Kier alpha value is -3.72. The van der Waals surface area contributed by atoms with Crippen LogP contribution in [-0.4, -0.2) is 68.9 Å². The maximum atomic E-state index is 13.0. The highest BCUT2D eigenvalue weighted by Crippen LogP contribution is 2.51. The maximum Gasteiger partial charge on any atom is 0.369 e. The van der Waals surface area contributed by atoms with Crippen LogP contribution in [0.2, 0.25) is 0 Å². The minimum absolute atomic E-state index is 0.000120. The number of benzene rings is 4. The van der Waals surface area contributed by atoms with Gasteiger partial charge in [-0.3, -0.25) is 0 Å². The van der Waals surface area contributed by atoms with E-state index >= 15 is 0 Å². The molecule has 2 aliphatic rings. The SMILES string of the molecule is BrB(Br)Br.COc1cc2c(cc1OC)S(=O)(=O)c1cc(OC)c(OC)cc1O2.O=S1(=O)c2cc(O)c(O)cc2Oc2cc(O)c(O)cc21. The number of methoxy groups -OCH3 is 4. The summed E-state index contributed by atoms with van der Waals surface area (Å²) >= 11 is 9.31. The Kier molecular flexibility index (Phi) is 11.1. The molecule has 0 bridgehead atoms. The van der Waals surface area contributed by atoms with Crippen LogP contribution in [0.5, 0.6) is 69.0 Å². The number of fused-ring (bicyclic) bond motifs is 4. The van der Waals surface area contributed by atoms with Crippen molar-refractivity contribution < 1.29 is 65.7 Å². The average Bonchev–Trinajstić information content (AvgIpc) is 3.02. The number of halogens is 3. The predicted molar refractivity (Wildman–Crippen MR) is 182 cm³/mol. The Labute approximate surface area is 299 Å². The molecule has 0 saturated heterocycles. The highest BCUT2D eigenvalue weighted by Gasteiger charge is 2.36. The molecule has 0 atom stereocenters. The zero-order valence-corrected chi connectivity index (χ0v) is 31.4. The molecular formula is C28H24BBr3O14S2. The van der Waals surface area contributed by atoms with Crippen LogP contribution in [0.3, 0.4) is 0 Å². The summed E-state index contributed by atoms with van der Waals surface area (Å²) < 4.78 is 82.7. The molecule has 0 saturated carbocycles. The maximum absolute atomic E-state index is 13.0. The van der Waals surface area contributed by atoms with Gasteiger partial charge >= 0.3 is 3.18 Å². The van der Waals surface area contributed by atoms with Gasteiger partial charge < -0.3 is 48.8 Å². The molecule has 2 aliphatic heterocycles. The van der Waals surface area contributed by atoms with Crippen LogP contribution in [-0.2, 0) is 19.7 Å². The van der Waals surface area contributed by atoms with E-state index in [-0.39, 0.29) is 45.8 Å². The number of phenolic OH excluding ortho intramolecular Hbond substituents is 4. The Balaban J connectivity index is 0.000000198. The van der Waals surface area contributed by atoms with E-state index in [9.17, 15) is 37.3 Å². The van der Waals surface area contributed by atoms with E-state index in [0.29, 0.717) is 23.0 Å². The zero-order chi connectivity index (χ0) is 35.7. The second-order valence-corrected chi connectivity index (χ2v) is 19.5. The van der Waals surface area contributed by atoms with E-state index in [2.05, 4.69) is 47.3 Å². The Morgan fingerprint density at radius 1 is 0.479 bits per heavy atom. The molecule has 4 aromatic rings. The lowest BCUT2D eigenvalue weighted by Gasteiger charge is -2.23. The molecule has 0 aliphatic carbocycles. The predicted octanol–water partition coefficient (Wildman–Crippen LogP) is 6.26. The van der Waals surface area contributed by atoms with Crippen LogP contribution in [0.1, 0.15) is 0 Å². The smallest absolute Gasteiger partial charge is 0.369 e. The third-order valence-corrected chi connectivity index (χ3v) is 10.2. The second-order valence-electron chi connectivity index (χ2n) is 9.34. The summed E-state index contributed by atoms with van der Waals surface area (Å²) in [6.45, 7) is 0. The lowest BCUT2D eigenvalue weighted by molar-refractivity contribution is 0.343. The van der Waals surface area contributed by atoms with Crippen LogP contribution in [0.4, 0.5) is 0 Å². The Morgan fingerprint density at radius 3 is 1.00 bits per heavy atom. The molecule has 0 amide bonds. The molecule has 0 unspecified atom stereocenters. The third-order valence-electron chi connectivity index (χ3n) is 6.58. The lowest BCUT2D eigenvalue weighted by Crippen LogP contribution is -2.12. The summed E-state index contributed by atoms with van der Waals surface area (Å²) in [6, 6.07) is 9.33. The fourth-order valence-corrected chi connectivity index (χ4v) is 7.39. The monoisotopic (exact) mass is 896 g/mol. The topological polar surface area (TPSA) is 205 Å². The molecule has 48 heavy (non-hydrogen) atoms. The molecule has 4 N–H and O–H groups in total. The van der Waals surface area contributed by atoms with Gasteiger partial charge in [-0.25, -0.2) is 16.8 Å². The number of sulfone groups is 2. The minimum Gasteiger partial charge on any atom is -0.504 e. The van der Waals surface area contributed by atoms with Crippen molar-refractivity contribution >= 4 is 70.1 Å². The number of aromatic hydroxyl groups is 4. The molecule has 4 aromatic carbocycles. The number of ether oxygens (including phenoxy) is 6. The molecular weight excluding hydrogens is 875 g/mol. The van der Waals surface area contributed by atoms with Crippen molar-refractivity contribution in [3.8, 4) is 69.0 Å². The quantitative estimate of drug-likeness (QED) is 0.114. The lowest BCUT2D eigenvalue weighted by atomic mass is 10.2. The van der Waals surface area contributed by atoms with E-state index < -0.39 is 42.7 Å². The van der Waals surface area contributed by atoms with Crippen LogP contribution in [0, 0.1) is 0 Å². The number of rotatable bonds is 4. The normalized spacial score (nSPS) is 13.8. The summed E-state index contributed by atoms with van der Waals surface area (Å²) in [5.74, 6) is -0.999. The molecule has 0 fully saturated rings. The average molecular weight is 899 g/mol. The first-order valence-electron chi connectivity index (χ1n) is 12.9. The number of hydrogen-bond acceptors (Lipinski definition) is 14. The van der Waals surface area contributed by atoms with E-state index in [1.54, 1.807) is 0 Å². The molecule has 2 heterocycles. The summed E-state index contributed by atoms with van der Waals surface area (Å²) in [7, 11) is -2.07. The van der Waals surface area contributed by atoms with Gasteiger partial charge in [-0.15, -0.1) is 47.3 Å². The molecule has 6 rings (SSSR count). The van der Waals surface area contributed by atoms with Gasteiger partial charge in [-0.05, 0) is 0 Å². The Morgan fingerprint density at radius 2 is 0.708 bits per heavy atom. The summed E-state index contributed by atoms with van der Waals surface area (Å²) in [4.78, 5) is -0.685. The zero-order valence-electron chi connectivity index (χ0n) is 25.0. The van der Waals surface area contributed by atoms with Crippen molar-refractivity contribution in [2.75, 3.05) is 28.4 Å². The first-order valence-corrected chi connectivity index (χ1v) is 18.6. The standard InChI is InChI=1S/C16H16O7S.C12H8O7S.BBr3/c1-19-9-5-13-15(7-11(9)21-3)24(17,18)16-8-12(22-4)10(20-2)6-14(16)23-13;13-5-1-9-11(3-7(5)15)20(17,18)12-4-8(16)6(14)2-10(12)19-9;2-1(3)4/h5-8H,1-4H3;1-4,13-16H;. The fraction of sp³-hybridized carbons (Fsp3) is 0.143. The largest absolute Gasteiger partial charge is 0.504 e. The second kappa shape index (κ2) is 14.4. The van der Waals surface area contributed by atoms with Crippen LogP contribution in [0.25, 0.3) is 0 Å². The summed E-state index contributed by atoms with van der Waals surface area (Å²) in [5, 5.41) is 37.5. The van der Waals surface area contributed by atoms with E-state index in [4.69, 9.17) is 28.4 Å². The van der Waals surface area contributed by atoms with Gasteiger partial charge in [0.15, 0.2) is 57.5 Å². The van der Waals surface area contributed by atoms with Gasteiger partial charge in [-0.2, -0.15) is 0 Å². The minimum atomic E-state index is -4.05. The molecule has 20 heteroatoms. The van der Waals surface area contributed by atoms with Gasteiger partial charge in [0.25, 0.3) is 0 Å². The summed E-state index contributed by atoms with van der Waals surface area (Å²) in [6.07, 6.45) is 0. The molecule has 0 aromatic heterocycles. The van der Waals surface area contributed by atoms with Crippen molar-refractivity contribution in [1.29, 1.82) is 0 Å². The highest BCUT2D eigenvalue weighted by molar-refractivity contribution is 9.69. The van der Waals surface area contributed by atoms with E-state index in [1.165, 1.54) is 52.7 Å². The first kappa shape index (κ1) is 37.1. The van der Waals surface area contributed by atoms with Crippen LogP contribution in [0.15, 0.2) is 68.1 Å². The molecule has 256 valence electrons. The van der Waals surface area contributed by atoms with Crippen molar-refractivity contribution in [3.05, 3.63) is 48.5 Å². The van der Waals surface area contributed by atoms with E-state index in [0.717, 1.165) is 24.3 Å². The number of phenols is 4. The number of hydrogen-bond donors (Lipinski definition) is 4. The highest BCUT2D eigenvalue weighted by atomic mass is 79.9. The third kappa shape index (κ3) is 7.17. The van der Waals surface area contributed by atoms with E-state index in [1.807, 2.05) is 0 Å². The fourth-order valence-electron chi connectivity index (χ4n) is 4.39.